The highest BCUT2D eigenvalue weighted by molar-refractivity contribution is 5.78. The number of aliphatic carboxylic acids is 1. The zero-order valence-corrected chi connectivity index (χ0v) is 12.6. The van der Waals surface area contributed by atoms with Gasteiger partial charge in [0.05, 0.1) is 6.61 Å². The number of nitrogens with zero attached hydrogens (tertiary/aromatic N) is 1. The largest absolute Gasteiger partial charge is 0.480 e. The van der Waals surface area contributed by atoms with E-state index in [1.165, 1.54) is 12.8 Å². The van der Waals surface area contributed by atoms with Crippen LogP contribution in [0.1, 0.15) is 40.0 Å². The van der Waals surface area contributed by atoms with E-state index in [-0.39, 0.29) is 6.04 Å². The molecule has 0 spiro atoms. The van der Waals surface area contributed by atoms with Gasteiger partial charge in [-0.05, 0) is 40.0 Å². The molecule has 0 amide bonds. The van der Waals surface area contributed by atoms with Crippen molar-refractivity contribution in [1.82, 2.24) is 10.2 Å². The van der Waals surface area contributed by atoms with Gasteiger partial charge in [0.2, 0.25) is 0 Å². The monoisotopic (exact) mass is 272 g/mol. The zero-order chi connectivity index (χ0) is 14.5. The Morgan fingerprint density at radius 2 is 2.11 bits per heavy atom. The summed E-state index contributed by atoms with van der Waals surface area (Å²) < 4.78 is 5.12. The summed E-state index contributed by atoms with van der Waals surface area (Å²) in [4.78, 5) is 13.8. The van der Waals surface area contributed by atoms with Gasteiger partial charge in [-0.1, -0.05) is 0 Å². The number of ether oxygens (including phenoxy) is 1. The van der Waals surface area contributed by atoms with Crippen LogP contribution < -0.4 is 5.32 Å². The lowest BCUT2D eigenvalue weighted by Gasteiger charge is -2.31. The molecule has 1 atom stereocenters. The summed E-state index contributed by atoms with van der Waals surface area (Å²) in [6.45, 7) is 8.12. The Kier molecular flexibility index (Phi) is 6.23. The standard InChI is InChI=1S/C14H28N2O3/c1-11(2)15-14(3,13(17)18)7-8-16(9-10-19-4)12-5-6-12/h11-12,15H,5-10H2,1-4H3,(H,17,18). The Morgan fingerprint density at radius 3 is 2.53 bits per heavy atom. The molecule has 0 heterocycles. The summed E-state index contributed by atoms with van der Waals surface area (Å²) >= 11 is 0. The molecule has 0 saturated heterocycles. The zero-order valence-electron chi connectivity index (χ0n) is 12.6. The fourth-order valence-corrected chi connectivity index (χ4v) is 2.37. The maximum absolute atomic E-state index is 11.5. The summed E-state index contributed by atoms with van der Waals surface area (Å²) in [7, 11) is 1.70. The molecule has 1 unspecified atom stereocenters. The van der Waals surface area contributed by atoms with Crippen LogP contribution in [0.4, 0.5) is 0 Å². The molecule has 1 aliphatic rings. The molecule has 1 rings (SSSR count). The van der Waals surface area contributed by atoms with Crippen LogP contribution in [-0.2, 0) is 9.53 Å². The molecule has 5 nitrogen and oxygen atoms in total. The van der Waals surface area contributed by atoms with E-state index in [0.717, 1.165) is 13.1 Å². The van der Waals surface area contributed by atoms with Gasteiger partial charge in [-0.15, -0.1) is 0 Å². The molecule has 19 heavy (non-hydrogen) atoms. The first-order chi connectivity index (χ1) is 8.89. The molecule has 1 aliphatic carbocycles. The number of rotatable bonds is 10. The highest BCUT2D eigenvalue weighted by Gasteiger charge is 2.36. The predicted octanol–water partition coefficient (Wildman–Crippen LogP) is 1.33. The number of nitrogens with one attached hydrogen (secondary N) is 1. The van der Waals surface area contributed by atoms with Gasteiger partial charge >= 0.3 is 5.97 Å². The van der Waals surface area contributed by atoms with Gasteiger partial charge in [0.15, 0.2) is 0 Å². The molecule has 0 aromatic heterocycles. The molecule has 5 heteroatoms. The number of carbonyl (C=O) groups is 1. The quantitative estimate of drug-likeness (QED) is 0.628. The maximum Gasteiger partial charge on any atom is 0.323 e. The van der Waals surface area contributed by atoms with Crippen molar-refractivity contribution >= 4 is 5.97 Å². The van der Waals surface area contributed by atoms with Crippen LogP contribution in [0.15, 0.2) is 0 Å². The Labute approximate surface area is 116 Å². The van der Waals surface area contributed by atoms with Crippen LogP contribution in [-0.4, -0.2) is 60.4 Å². The summed E-state index contributed by atoms with van der Waals surface area (Å²) in [6, 6.07) is 0.793. The number of hydrogen-bond donors (Lipinski definition) is 2. The number of hydrogen-bond acceptors (Lipinski definition) is 4. The summed E-state index contributed by atoms with van der Waals surface area (Å²) in [5.74, 6) is -0.774. The molecule has 1 fully saturated rings. The van der Waals surface area contributed by atoms with Crippen LogP contribution in [0.3, 0.4) is 0 Å². The van der Waals surface area contributed by atoms with E-state index in [4.69, 9.17) is 4.74 Å². The van der Waals surface area contributed by atoms with Crippen LogP contribution in [0, 0.1) is 0 Å². The van der Waals surface area contributed by atoms with E-state index in [1.54, 1.807) is 14.0 Å². The molecular formula is C14H28N2O3. The lowest BCUT2D eigenvalue weighted by Crippen LogP contribution is -2.54. The van der Waals surface area contributed by atoms with E-state index < -0.39 is 11.5 Å². The smallest absolute Gasteiger partial charge is 0.323 e. The van der Waals surface area contributed by atoms with Gasteiger partial charge in [-0.3, -0.25) is 15.0 Å². The molecule has 0 aromatic rings. The minimum absolute atomic E-state index is 0.162. The van der Waals surface area contributed by atoms with Crippen molar-refractivity contribution in [2.45, 2.75) is 57.7 Å². The minimum Gasteiger partial charge on any atom is -0.480 e. The molecule has 0 radical (unpaired) electrons. The third-order valence-corrected chi connectivity index (χ3v) is 3.62. The van der Waals surface area contributed by atoms with E-state index in [1.807, 2.05) is 13.8 Å². The first-order valence-corrected chi connectivity index (χ1v) is 7.13. The Balaban J connectivity index is 2.50. The minimum atomic E-state index is -0.853. The van der Waals surface area contributed by atoms with Gasteiger partial charge < -0.3 is 9.84 Å². The second kappa shape index (κ2) is 7.22. The lowest BCUT2D eigenvalue weighted by molar-refractivity contribution is -0.145. The van der Waals surface area contributed by atoms with Crippen molar-refractivity contribution in [3.05, 3.63) is 0 Å². The van der Waals surface area contributed by atoms with Crippen LogP contribution in [0.5, 0.6) is 0 Å². The first-order valence-electron chi connectivity index (χ1n) is 7.13. The molecule has 0 aliphatic heterocycles. The fraction of sp³-hybridized carbons (Fsp3) is 0.929. The Bertz CT molecular complexity index is 292. The highest BCUT2D eigenvalue weighted by atomic mass is 16.5. The fourth-order valence-electron chi connectivity index (χ4n) is 2.37. The molecule has 0 aromatic carbocycles. The van der Waals surface area contributed by atoms with Crippen molar-refractivity contribution in [3.63, 3.8) is 0 Å². The topological polar surface area (TPSA) is 61.8 Å². The summed E-state index contributed by atoms with van der Waals surface area (Å²) in [6.07, 6.45) is 3.07. The first kappa shape index (κ1) is 16.4. The highest BCUT2D eigenvalue weighted by Crippen LogP contribution is 2.27. The second-order valence-corrected chi connectivity index (χ2v) is 5.95. The van der Waals surface area contributed by atoms with Crippen molar-refractivity contribution in [1.29, 1.82) is 0 Å². The predicted molar refractivity (Wildman–Crippen MR) is 75.4 cm³/mol. The summed E-state index contributed by atoms with van der Waals surface area (Å²) in [5.41, 5.74) is -0.853. The van der Waals surface area contributed by atoms with Crippen molar-refractivity contribution in [3.8, 4) is 0 Å². The molecule has 1 saturated carbocycles. The second-order valence-electron chi connectivity index (χ2n) is 5.95. The SMILES string of the molecule is COCCN(CCC(C)(NC(C)C)C(=O)O)C1CC1. The molecule has 0 bridgehead atoms. The van der Waals surface area contributed by atoms with E-state index in [9.17, 15) is 9.90 Å². The van der Waals surface area contributed by atoms with Crippen molar-refractivity contribution in [2.75, 3.05) is 26.8 Å². The van der Waals surface area contributed by atoms with E-state index >= 15 is 0 Å². The van der Waals surface area contributed by atoms with Gasteiger partial charge in [0.1, 0.15) is 5.54 Å². The Morgan fingerprint density at radius 1 is 1.47 bits per heavy atom. The third kappa shape index (κ3) is 5.47. The average molecular weight is 272 g/mol. The van der Waals surface area contributed by atoms with Crippen LogP contribution in [0.2, 0.25) is 0 Å². The average Bonchev–Trinajstić information content (AvgIpc) is 3.12. The normalized spacial score (nSPS) is 18.8. The maximum atomic E-state index is 11.5. The molecular weight excluding hydrogens is 244 g/mol. The summed E-state index contributed by atoms with van der Waals surface area (Å²) in [5, 5.41) is 12.6. The lowest BCUT2D eigenvalue weighted by atomic mass is 9.96. The van der Waals surface area contributed by atoms with Crippen molar-refractivity contribution in [2.24, 2.45) is 0 Å². The van der Waals surface area contributed by atoms with Gasteiger partial charge in [0, 0.05) is 32.3 Å². The van der Waals surface area contributed by atoms with Crippen molar-refractivity contribution < 1.29 is 14.6 Å². The molecule has 2 N–H and O–H groups in total. The Hall–Kier alpha value is -0.650. The van der Waals surface area contributed by atoms with Crippen LogP contribution in [0.25, 0.3) is 0 Å². The van der Waals surface area contributed by atoms with E-state index in [0.29, 0.717) is 19.1 Å². The van der Waals surface area contributed by atoms with Crippen LogP contribution >= 0.6 is 0 Å². The van der Waals surface area contributed by atoms with E-state index in [2.05, 4.69) is 10.2 Å². The third-order valence-electron chi connectivity index (χ3n) is 3.62. The number of carboxylic acid groups (broad SMARTS) is 1. The molecule has 112 valence electrons. The number of carboxylic acids is 1. The van der Waals surface area contributed by atoms with Gasteiger partial charge in [-0.25, -0.2) is 0 Å². The van der Waals surface area contributed by atoms with Gasteiger partial charge in [0.25, 0.3) is 0 Å². The van der Waals surface area contributed by atoms with Gasteiger partial charge in [-0.2, -0.15) is 0 Å². The number of methoxy groups -OCH3 is 1.